The van der Waals surface area contributed by atoms with Crippen molar-refractivity contribution in [2.75, 3.05) is 14.2 Å². The van der Waals surface area contributed by atoms with Crippen LogP contribution in [0.5, 0.6) is 11.9 Å². The van der Waals surface area contributed by atoms with Crippen molar-refractivity contribution in [3.05, 3.63) is 11.8 Å². The van der Waals surface area contributed by atoms with E-state index in [1.165, 1.54) is 24.2 Å². The van der Waals surface area contributed by atoms with E-state index in [1.807, 2.05) is 0 Å². The smallest absolute Gasteiger partial charge is 0.429 e. The van der Waals surface area contributed by atoms with Gasteiger partial charge in [-0.3, -0.25) is 0 Å². The number of methoxy groups -OCH3 is 2. The third kappa shape index (κ3) is 4.77. The fourth-order valence-corrected chi connectivity index (χ4v) is 4.08. The molecule has 1 aliphatic carbocycles. The first-order valence-electron chi connectivity index (χ1n) is 10.3. The lowest BCUT2D eigenvalue weighted by Gasteiger charge is -2.41. The molecule has 1 saturated heterocycles. The molecular weight excluding hydrogens is 404 g/mol. The normalized spacial score (nSPS) is 23.0. The second-order valence-electron chi connectivity index (χ2n) is 9.77. The highest BCUT2D eigenvalue weighted by atomic mass is 16.6. The summed E-state index contributed by atoms with van der Waals surface area (Å²) >= 11 is 0. The third-order valence-corrected chi connectivity index (χ3v) is 5.09. The zero-order valence-corrected chi connectivity index (χ0v) is 19.5. The molecule has 2 amide bonds. The summed E-state index contributed by atoms with van der Waals surface area (Å²) in [5, 5.41) is 2.79. The average molecular weight is 437 g/mol. The van der Waals surface area contributed by atoms with E-state index in [9.17, 15) is 9.59 Å². The molecule has 2 heterocycles. The molecule has 0 spiro atoms. The lowest BCUT2D eigenvalue weighted by molar-refractivity contribution is -0.0790. The largest absolute Gasteiger partial charge is 0.481 e. The van der Waals surface area contributed by atoms with E-state index in [0.717, 1.165) is 5.56 Å². The first kappa shape index (κ1) is 22.9. The van der Waals surface area contributed by atoms with Gasteiger partial charge in [-0.15, -0.1) is 0 Å². The van der Waals surface area contributed by atoms with Crippen LogP contribution in [0, 0.1) is 0 Å². The van der Waals surface area contributed by atoms with Gasteiger partial charge in [-0.2, -0.15) is 4.98 Å². The number of rotatable bonds is 3. The second-order valence-corrected chi connectivity index (χ2v) is 9.77. The van der Waals surface area contributed by atoms with Gasteiger partial charge in [0.2, 0.25) is 5.88 Å². The number of carbonyl (C=O) groups is 2. The van der Waals surface area contributed by atoms with Crippen molar-refractivity contribution in [1.29, 1.82) is 0 Å². The maximum atomic E-state index is 13.1. The minimum Gasteiger partial charge on any atom is -0.481 e. The first-order valence-corrected chi connectivity index (χ1v) is 10.3. The average Bonchev–Trinajstić information content (AvgIpc) is 3.23. The van der Waals surface area contributed by atoms with Gasteiger partial charge in [0.25, 0.3) is 0 Å². The Morgan fingerprint density at radius 1 is 0.935 bits per heavy atom. The van der Waals surface area contributed by atoms with Crippen LogP contribution < -0.4 is 9.47 Å². The highest BCUT2D eigenvalue weighted by Crippen LogP contribution is 2.49. The Morgan fingerprint density at radius 3 is 2.03 bits per heavy atom. The number of ether oxygens (including phenoxy) is 4. The maximum Gasteiger partial charge on any atom is 0.429 e. The summed E-state index contributed by atoms with van der Waals surface area (Å²) in [6, 6.07) is -0.342. The first-order chi connectivity index (χ1) is 14.3. The number of fused-ring (bicyclic) bond motifs is 2. The predicted molar refractivity (Wildman–Crippen MR) is 111 cm³/mol. The molecule has 0 aromatic carbocycles. The van der Waals surface area contributed by atoms with E-state index in [0.29, 0.717) is 18.7 Å². The quantitative estimate of drug-likeness (QED) is 0.709. The molecule has 10 heteroatoms. The van der Waals surface area contributed by atoms with Crippen molar-refractivity contribution in [2.24, 2.45) is 0 Å². The van der Waals surface area contributed by atoms with Crippen LogP contribution in [0.25, 0.3) is 0 Å². The Balaban J connectivity index is 1.95. The Kier molecular flexibility index (Phi) is 5.94. The summed E-state index contributed by atoms with van der Waals surface area (Å²) in [4.78, 5) is 34.6. The van der Waals surface area contributed by atoms with E-state index in [-0.39, 0.29) is 24.0 Å². The Hall–Kier alpha value is -2.78. The number of carbonyl (C=O) groups excluding carboxylic acids is 2. The summed E-state index contributed by atoms with van der Waals surface area (Å²) < 4.78 is 21.7. The molecule has 1 saturated carbocycles. The van der Waals surface area contributed by atoms with Gasteiger partial charge in [0.05, 0.1) is 26.3 Å². The molecule has 0 N–H and O–H groups in total. The standard InChI is InChI=1S/C21H32N4O6/c1-20(2,3)30-18(26)24-12-9-13(14-11-22-17(29-8)23-16(14)28-7)15(10-12)25(24)19(27)31-21(4,5)6/h11-13,15H,9-10H2,1-8H3. The van der Waals surface area contributed by atoms with Gasteiger partial charge in [0.1, 0.15) is 11.2 Å². The number of hydrogen-bond acceptors (Lipinski definition) is 8. The fraction of sp³-hybridized carbons (Fsp3) is 0.714. The number of hydrazine groups is 1. The molecule has 10 nitrogen and oxygen atoms in total. The van der Waals surface area contributed by atoms with Crippen LogP contribution in [-0.4, -0.2) is 69.7 Å². The van der Waals surface area contributed by atoms with Crippen LogP contribution in [0.3, 0.4) is 0 Å². The van der Waals surface area contributed by atoms with Gasteiger partial charge >= 0.3 is 18.2 Å². The van der Waals surface area contributed by atoms with Gasteiger partial charge in [0, 0.05) is 17.7 Å². The van der Waals surface area contributed by atoms with E-state index in [4.69, 9.17) is 18.9 Å². The number of hydrogen-bond donors (Lipinski definition) is 0. The Bertz CT molecular complexity index is 847. The van der Waals surface area contributed by atoms with Gasteiger partial charge in [-0.05, 0) is 54.4 Å². The summed E-state index contributed by atoms with van der Waals surface area (Å²) in [5.41, 5.74) is -0.645. The summed E-state index contributed by atoms with van der Waals surface area (Å²) in [7, 11) is 3.01. The highest BCUT2D eigenvalue weighted by Gasteiger charge is 2.57. The van der Waals surface area contributed by atoms with Crippen LogP contribution in [0.15, 0.2) is 6.20 Å². The van der Waals surface area contributed by atoms with E-state index in [1.54, 1.807) is 47.7 Å². The topological polar surface area (TPSA) is 103 Å². The second kappa shape index (κ2) is 8.05. The van der Waals surface area contributed by atoms with Gasteiger partial charge < -0.3 is 18.9 Å². The van der Waals surface area contributed by atoms with Crippen LogP contribution in [0.2, 0.25) is 0 Å². The monoisotopic (exact) mass is 436 g/mol. The molecule has 31 heavy (non-hydrogen) atoms. The van der Waals surface area contributed by atoms with Gasteiger partial charge in [0.15, 0.2) is 0 Å². The number of amides is 2. The fourth-order valence-electron chi connectivity index (χ4n) is 4.08. The summed E-state index contributed by atoms with van der Waals surface area (Å²) in [6.07, 6.45) is 1.71. The molecule has 3 atom stereocenters. The van der Waals surface area contributed by atoms with Crippen molar-refractivity contribution in [2.45, 2.75) is 83.6 Å². The van der Waals surface area contributed by atoms with E-state index in [2.05, 4.69) is 9.97 Å². The molecule has 172 valence electrons. The Morgan fingerprint density at radius 2 is 1.52 bits per heavy atom. The number of nitrogens with zero attached hydrogens (tertiary/aromatic N) is 4. The molecule has 1 aliphatic heterocycles. The molecule has 1 aromatic heterocycles. The van der Waals surface area contributed by atoms with Crippen LogP contribution in [-0.2, 0) is 9.47 Å². The van der Waals surface area contributed by atoms with Crippen LogP contribution in [0.4, 0.5) is 9.59 Å². The molecule has 2 fully saturated rings. The molecule has 1 aromatic rings. The highest BCUT2D eigenvalue weighted by molar-refractivity contribution is 5.77. The van der Waals surface area contributed by atoms with Crippen molar-refractivity contribution in [3.63, 3.8) is 0 Å². The van der Waals surface area contributed by atoms with Crippen molar-refractivity contribution in [3.8, 4) is 11.9 Å². The van der Waals surface area contributed by atoms with Crippen molar-refractivity contribution < 1.29 is 28.5 Å². The minimum atomic E-state index is -0.713. The molecule has 2 aliphatic rings. The molecule has 3 unspecified atom stereocenters. The third-order valence-electron chi connectivity index (χ3n) is 5.09. The van der Waals surface area contributed by atoms with Crippen LogP contribution in [0.1, 0.15) is 65.9 Å². The van der Waals surface area contributed by atoms with Gasteiger partial charge in [-0.1, -0.05) is 0 Å². The molecular formula is C21H32N4O6. The minimum absolute atomic E-state index is 0.128. The number of aromatic nitrogens is 2. The van der Waals surface area contributed by atoms with Crippen molar-refractivity contribution >= 4 is 12.2 Å². The van der Waals surface area contributed by atoms with Crippen molar-refractivity contribution in [1.82, 2.24) is 20.0 Å². The zero-order valence-electron chi connectivity index (χ0n) is 19.5. The van der Waals surface area contributed by atoms with E-state index < -0.39 is 23.4 Å². The Labute approximate surface area is 182 Å². The molecule has 3 rings (SSSR count). The maximum absolute atomic E-state index is 13.1. The molecule has 0 radical (unpaired) electrons. The van der Waals surface area contributed by atoms with Gasteiger partial charge in [-0.25, -0.2) is 24.6 Å². The summed E-state index contributed by atoms with van der Waals surface area (Å²) in [6.45, 7) is 10.7. The summed E-state index contributed by atoms with van der Waals surface area (Å²) in [5.74, 6) is 0.259. The predicted octanol–water partition coefficient (Wildman–Crippen LogP) is 3.51. The lowest BCUT2D eigenvalue weighted by atomic mass is 9.94. The SMILES string of the molecule is COc1ncc(C2CC3CC2N(C(=O)OC(C)(C)C)N3C(=O)OC(C)(C)C)c(OC)n1. The molecule has 2 bridgehead atoms. The van der Waals surface area contributed by atoms with E-state index >= 15 is 0 Å². The zero-order chi connectivity index (χ0) is 23.1. The lowest BCUT2D eigenvalue weighted by Crippen LogP contribution is -2.57. The van der Waals surface area contributed by atoms with Crippen LogP contribution >= 0.6 is 0 Å².